The van der Waals surface area contributed by atoms with Gasteiger partial charge in [-0.05, 0) is 12.3 Å². The largest absolute Gasteiger partial charge is 0.323 e. The molecule has 1 aromatic heterocycles. The summed E-state index contributed by atoms with van der Waals surface area (Å²) in [6, 6.07) is 0.119. The van der Waals surface area contributed by atoms with Gasteiger partial charge in [0.1, 0.15) is 0 Å². The molecule has 1 unspecified atom stereocenters. The fraction of sp³-hybridized carbons (Fsp3) is 0.750. The molecule has 12 heavy (non-hydrogen) atoms. The average molecular weight is 183 g/mol. The summed E-state index contributed by atoms with van der Waals surface area (Å²) < 4.78 is 8.08. The molecule has 0 aromatic carbocycles. The van der Waals surface area contributed by atoms with E-state index in [1.54, 1.807) is 6.20 Å². The molecule has 0 spiro atoms. The van der Waals surface area contributed by atoms with Crippen LogP contribution >= 0.6 is 11.7 Å². The first-order valence-corrected chi connectivity index (χ1v) is 5.12. The van der Waals surface area contributed by atoms with Gasteiger partial charge in [-0.2, -0.15) is 8.75 Å². The molecule has 1 saturated carbocycles. The van der Waals surface area contributed by atoms with Crippen LogP contribution in [0.5, 0.6) is 0 Å². The quantitative estimate of drug-likeness (QED) is 0.776. The van der Waals surface area contributed by atoms with E-state index in [0.29, 0.717) is 0 Å². The lowest BCUT2D eigenvalue weighted by Crippen LogP contribution is -2.20. The van der Waals surface area contributed by atoms with E-state index in [0.717, 1.165) is 18.0 Å². The van der Waals surface area contributed by atoms with Crippen molar-refractivity contribution >= 4 is 11.7 Å². The van der Waals surface area contributed by atoms with E-state index in [2.05, 4.69) is 8.75 Å². The normalized spacial score (nSPS) is 20.4. The highest BCUT2D eigenvalue weighted by atomic mass is 32.1. The number of hydrogen-bond donors (Lipinski definition) is 1. The molecule has 0 amide bonds. The standard InChI is InChI=1S/C8H13N3S/c9-7(4-6-2-1-3-6)8-5-10-12-11-8/h5-7H,1-4,9H2. The third kappa shape index (κ3) is 1.64. The Labute approximate surface area is 76.3 Å². The molecule has 1 aliphatic carbocycles. The van der Waals surface area contributed by atoms with Crippen molar-refractivity contribution in [2.45, 2.75) is 31.7 Å². The number of nitrogens with two attached hydrogens (primary N) is 1. The van der Waals surface area contributed by atoms with Crippen molar-refractivity contribution in [3.63, 3.8) is 0 Å². The van der Waals surface area contributed by atoms with Crippen LogP contribution in [0.4, 0.5) is 0 Å². The molecule has 2 N–H and O–H groups in total. The molecule has 1 aromatic rings. The van der Waals surface area contributed by atoms with Crippen LogP contribution in [0.3, 0.4) is 0 Å². The van der Waals surface area contributed by atoms with Crippen LogP contribution in [0.15, 0.2) is 6.20 Å². The van der Waals surface area contributed by atoms with Crippen molar-refractivity contribution in [1.29, 1.82) is 0 Å². The highest BCUT2D eigenvalue weighted by Crippen LogP contribution is 2.33. The minimum absolute atomic E-state index is 0.119. The summed E-state index contributed by atoms with van der Waals surface area (Å²) in [4.78, 5) is 0. The Morgan fingerprint density at radius 1 is 1.67 bits per heavy atom. The van der Waals surface area contributed by atoms with E-state index >= 15 is 0 Å². The molecule has 1 aliphatic rings. The van der Waals surface area contributed by atoms with Crippen LogP contribution in [0.1, 0.15) is 37.4 Å². The summed E-state index contributed by atoms with van der Waals surface area (Å²) in [5.74, 6) is 0.849. The Kier molecular flexibility index (Phi) is 2.37. The number of rotatable bonds is 3. The van der Waals surface area contributed by atoms with Gasteiger partial charge in [0.05, 0.1) is 23.6 Å². The molecule has 1 atom stereocenters. The lowest BCUT2D eigenvalue weighted by molar-refractivity contribution is 0.276. The second kappa shape index (κ2) is 3.49. The van der Waals surface area contributed by atoms with Crippen molar-refractivity contribution in [3.8, 4) is 0 Å². The van der Waals surface area contributed by atoms with Crippen LogP contribution in [-0.2, 0) is 0 Å². The van der Waals surface area contributed by atoms with Crippen molar-refractivity contribution in [1.82, 2.24) is 8.75 Å². The smallest absolute Gasteiger partial charge is 0.0910 e. The monoisotopic (exact) mass is 183 g/mol. The second-order valence-corrected chi connectivity index (χ2v) is 4.03. The van der Waals surface area contributed by atoms with E-state index in [-0.39, 0.29) is 6.04 Å². The summed E-state index contributed by atoms with van der Waals surface area (Å²) in [6.45, 7) is 0. The van der Waals surface area contributed by atoms with Crippen molar-refractivity contribution in [3.05, 3.63) is 11.9 Å². The third-order valence-electron chi connectivity index (χ3n) is 2.57. The SMILES string of the molecule is NC(CC1CCC1)c1cnsn1. The van der Waals surface area contributed by atoms with E-state index in [4.69, 9.17) is 5.73 Å². The van der Waals surface area contributed by atoms with Crippen molar-refractivity contribution < 1.29 is 0 Å². The number of nitrogens with zero attached hydrogens (tertiary/aromatic N) is 2. The van der Waals surface area contributed by atoms with Gasteiger partial charge in [-0.1, -0.05) is 19.3 Å². The minimum atomic E-state index is 0.119. The van der Waals surface area contributed by atoms with Gasteiger partial charge >= 0.3 is 0 Å². The maximum atomic E-state index is 5.95. The van der Waals surface area contributed by atoms with E-state index in [9.17, 15) is 0 Å². The number of aromatic nitrogens is 2. The third-order valence-corrected chi connectivity index (χ3v) is 3.06. The van der Waals surface area contributed by atoms with E-state index in [1.807, 2.05) is 0 Å². The van der Waals surface area contributed by atoms with Crippen molar-refractivity contribution in [2.75, 3.05) is 0 Å². The predicted molar refractivity (Wildman–Crippen MR) is 48.8 cm³/mol. The lowest BCUT2D eigenvalue weighted by atomic mass is 9.80. The predicted octanol–water partition coefficient (Wildman–Crippen LogP) is 1.73. The molecule has 1 heterocycles. The molecule has 0 radical (unpaired) electrons. The van der Waals surface area contributed by atoms with Gasteiger partial charge in [-0.25, -0.2) is 0 Å². The average Bonchev–Trinajstić information content (AvgIpc) is 2.47. The molecule has 1 fully saturated rings. The molecule has 4 heteroatoms. The molecule has 2 rings (SSSR count). The number of hydrogen-bond acceptors (Lipinski definition) is 4. The van der Waals surface area contributed by atoms with Gasteiger partial charge < -0.3 is 5.73 Å². The lowest BCUT2D eigenvalue weighted by Gasteiger charge is -2.27. The Balaban J connectivity index is 1.87. The van der Waals surface area contributed by atoms with Gasteiger partial charge in [-0.15, -0.1) is 0 Å². The van der Waals surface area contributed by atoms with Gasteiger partial charge in [0.25, 0.3) is 0 Å². The molecule has 0 aliphatic heterocycles. The molecule has 3 nitrogen and oxygen atoms in total. The van der Waals surface area contributed by atoms with Gasteiger partial charge in [0.2, 0.25) is 0 Å². The minimum Gasteiger partial charge on any atom is -0.323 e. The fourth-order valence-electron chi connectivity index (χ4n) is 1.54. The maximum Gasteiger partial charge on any atom is 0.0910 e. The molecular formula is C8H13N3S. The topological polar surface area (TPSA) is 51.8 Å². The summed E-state index contributed by atoms with van der Waals surface area (Å²) in [6.07, 6.45) is 6.96. The first-order valence-electron chi connectivity index (χ1n) is 4.39. The van der Waals surface area contributed by atoms with Gasteiger partial charge in [0.15, 0.2) is 0 Å². The van der Waals surface area contributed by atoms with Crippen LogP contribution < -0.4 is 5.73 Å². The van der Waals surface area contributed by atoms with E-state index in [1.165, 1.54) is 31.0 Å². The highest BCUT2D eigenvalue weighted by molar-refractivity contribution is 6.99. The first kappa shape index (κ1) is 8.13. The Bertz CT molecular complexity index is 230. The zero-order valence-corrected chi connectivity index (χ0v) is 7.76. The fourth-order valence-corrected chi connectivity index (χ4v) is 2.02. The van der Waals surface area contributed by atoms with Crippen LogP contribution in [0, 0.1) is 5.92 Å². The Hall–Kier alpha value is -0.480. The highest BCUT2D eigenvalue weighted by Gasteiger charge is 2.21. The van der Waals surface area contributed by atoms with Crippen LogP contribution in [-0.4, -0.2) is 8.75 Å². The van der Waals surface area contributed by atoms with Crippen LogP contribution in [0.2, 0.25) is 0 Å². The Morgan fingerprint density at radius 2 is 2.50 bits per heavy atom. The Morgan fingerprint density at radius 3 is 3.00 bits per heavy atom. The zero-order valence-electron chi connectivity index (χ0n) is 6.94. The first-order chi connectivity index (χ1) is 5.86. The molecular weight excluding hydrogens is 170 g/mol. The van der Waals surface area contributed by atoms with Gasteiger partial charge in [0, 0.05) is 6.04 Å². The zero-order chi connectivity index (χ0) is 8.39. The van der Waals surface area contributed by atoms with Gasteiger partial charge in [-0.3, -0.25) is 0 Å². The summed E-state index contributed by atoms with van der Waals surface area (Å²) >= 11 is 1.24. The van der Waals surface area contributed by atoms with Crippen molar-refractivity contribution in [2.24, 2.45) is 11.7 Å². The summed E-state index contributed by atoms with van der Waals surface area (Å²) in [5.41, 5.74) is 6.92. The van der Waals surface area contributed by atoms with E-state index < -0.39 is 0 Å². The molecule has 0 saturated heterocycles. The molecule has 66 valence electrons. The summed E-state index contributed by atoms with van der Waals surface area (Å²) in [5, 5.41) is 0. The second-order valence-electron chi connectivity index (χ2n) is 3.47. The molecule has 0 bridgehead atoms. The van der Waals surface area contributed by atoms with Crippen LogP contribution in [0.25, 0.3) is 0 Å². The summed E-state index contributed by atoms with van der Waals surface area (Å²) in [7, 11) is 0. The maximum absolute atomic E-state index is 5.95.